The second kappa shape index (κ2) is 11.2. The highest BCUT2D eigenvalue weighted by atomic mass is 19.4. The van der Waals surface area contributed by atoms with Gasteiger partial charge in [-0.2, -0.15) is 18.3 Å². The largest absolute Gasteiger partial charge is 0.490 e. The van der Waals surface area contributed by atoms with E-state index in [0.29, 0.717) is 18.8 Å². The van der Waals surface area contributed by atoms with Crippen molar-refractivity contribution in [2.24, 2.45) is 5.73 Å². The standard InChI is InChI=1S/C20H17N5O2.C2HF3O2.CH4/c21-6-8-25-19(20(26)27)11-18(24-25)14-5-7-22-17(10-14)15-9-13-3-1-2-4-16(13)23-12-15;3-2(4,5)1(6)7;/h1-5,7,9-12H,6,8,21H2,(H,26,27);(H,6,7);1H4. The van der Waals surface area contributed by atoms with Crippen molar-refractivity contribution in [1.29, 1.82) is 0 Å². The van der Waals surface area contributed by atoms with Gasteiger partial charge in [0, 0.05) is 35.5 Å². The maximum Gasteiger partial charge on any atom is 0.490 e. The van der Waals surface area contributed by atoms with Crippen LogP contribution in [0.4, 0.5) is 13.2 Å². The van der Waals surface area contributed by atoms with E-state index < -0.39 is 18.1 Å². The van der Waals surface area contributed by atoms with Crippen LogP contribution in [0.25, 0.3) is 33.4 Å². The van der Waals surface area contributed by atoms with Crippen molar-refractivity contribution in [1.82, 2.24) is 19.7 Å². The Morgan fingerprint density at radius 3 is 2.29 bits per heavy atom. The number of nitrogens with zero attached hydrogens (tertiary/aromatic N) is 4. The molecule has 9 nitrogen and oxygen atoms in total. The lowest BCUT2D eigenvalue weighted by Crippen LogP contribution is -2.21. The highest BCUT2D eigenvalue weighted by Crippen LogP contribution is 2.26. The maximum atomic E-state index is 11.4. The first-order chi connectivity index (χ1) is 16.1. The van der Waals surface area contributed by atoms with E-state index in [9.17, 15) is 23.1 Å². The average Bonchev–Trinajstić information content (AvgIpc) is 3.23. The number of rotatable bonds is 5. The van der Waals surface area contributed by atoms with Gasteiger partial charge < -0.3 is 15.9 Å². The Bertz CT molecular complexity index is 1340. The van der Waals surface area contributed by atoms with Gasteiger partial charge >= 0.3 is 18.1 Å². The molecule has 3 heterocycles. The molecular weight excluding hydrogens is 467 g/mol. The quantitative estimate of drug-likeness (QED) is 0.380. The van der Waals surface area contributed by atoms with Crippen molar-refractivity contribution in [2.45, 2.75) is 20.1 Å². The number of hydrogen-bond donors (Lipinski definition) is 3. The summed E-state index contributed by atoms with van der Waals surface area (Å²) in [6.45, 7) is 0.653. The summed E-state index contributed by atoms with van der Waals surface area (Å²) in [7, 11) is 0. The molecule has 0 radical (unpaired) electrons. The van der Waals surface area contributed by atoms with E-state index >= 15 is 0 Å². The van der Waals surface area contributed by atoms with E-state index in [4.69, 9.17) is 15.6 Å². The van der Waals surface area contributed by atoms with Gasteiger partial charge in [0.1, 0.15) is 5.69 Å². The molecule has 4 aromatic rings. The number of halogens is 3. The molecule has 0 atom stereocenters. The number of nitrogens with two attached hydrogens (primary N) is 1. The van der Waals surface area contributed by atoms with E-state index in [1.165, 1.54) is 4.68 Å². The van der Waals surface area contributed by atoms with Gasteiger partial charge in [-0.1, -0.05) is 25.6 Å². The lowest BCUT2D eigenvalue weighted by molar-refractivity contribution is -0.192. The third kappa shape index (κ3) is 6.60. The van der Waals surface area contributed by atoms with Gasteiger partial charge in [-0.05, 0) is 30.3 Å². The first kappa shape index (κ1) is 26.9. The van der Waals surface area contributed by atoms with Crippen LogP contribution in [0.1, 0.15) is 17.9 Å². The zero-order valence-electron chi connectivity index (χ0n) is 17.4. The topological polar surface area (TPSA) is 144 Å². The number of alkyl halides is 3. The normalized spacial score (nSPS) is 10.7. The van der Waals surface area contributed by atoms with E-state index in [0.717, 1.165) is 27.7 Å². The number of aliphatic carboxylic acids is 1. The van der Waals surface area contributed by atoms with Crippen molar-refractivity contribution < 1.29 is 33.0 Å². The smallest absolute Gasteiger partial charge is 0.477 e. The molecule has 0 saturated carbocycles. The van der Waals surface area contributed by atoms with Crippen LogP contribution in [-0.2, 0) is 11.3 Å². The molecule has 0 bridgehead atoms. The molecule has 4 N–H and O–H groups in total. The van der Waals surface area contributed by atoms with Crippen LogP contribution in [0.15, 0.2) is 60.9 Å². The number of hydrogen-bond acceptors (Lipinski definition) is 6. The zero-order chi connectivity index (χ0) is 24.9. The molecule has 35 heavy (non-hydrogen) atoms. The number of benzene rings is 1. The Balaban J connectivity index is 0.000000476. The molecule has 0 spiro atoms. The minimum atomic E-state index is -5.08. The Morgan fingerprint density at radius 2 is 1.66 bits per heavy atom. The third-order valence-electron chi connectivity index (χ3n) is 4.52. The van der Waals surface area contributed by atoms with Crippen LogP contribution in [0, 0.1) is 0 Å². The molecule has 0 amide bonds. The van der Waals surface area contributed by atoms with E-state index in [1.807, 2.05) is 36.4 Å². The minimum absolute atomic E-state index is 0. The van der Waals surface area contributed by atoms with Crippen LogP contribution < -0.4 is 5.73 Å². The highest BCUT2D eigenvalue weighted by Gasteiger charge is 2.38. The fourth-order valence-electron chi connectivity index (χ4n) is 2.98. The van der Waals surface area contributed by atoms with Crippen molar-refractivity contribution in [2.75, 3.05) is 6.54 Å². The van der Waals surface area contributed by atoms with Gasteiger partial charge in [-0.3, -0.25) is 14.6 Å². The number of aromatic carboxylic acids is 1. The van der Waals surface area contributed by atoms with Crippen molar-refractivity contribution in [3.63, 3.8) is 0 Å². The number of pyridine rings is 2. The van der Waals surface area contributed by atoms with Gasteiger partial charge in [0.2, 0.25) is 0 Å². The molecule has 0 saturated heterocycles. The van der Waals surface area contributed by atoms with Gasteiger partial charge in [0.15, 0.2) is 0 Å². The number of para-hydroxylation sites is 1. The van der Waals surface area contributed by atoms with Crippen LogP contribution in [0.5, 0.6) is 0 Å². The lowest BCUT2D eigenvalue weighted by Gasteiger charge is -2.05. The first-order valence-electron chi connectivity index (χ1n) is 9.73. The van der Waals surface area contributed by atoms with Crippen molar-refractivity contribution in [3.05, 3.63) is 66.6 Å². The van der Waals surface area contributed by atoms with Crippen LogP contribution in [-0.4, -0.2) is 54.6 Å². The number of carboxylic acids is 2. The number of fused-ring (bicyclic) bond motifs is 1. The fourth-order valence-corrected chi connectivity index (χ4v) is 2.98. The fraction of sp³-hybridized carbons (Fsp3) is 0.174. The number of aromatic nitrogens is 4. The lowest BCUT2D eigenvalue weighted by atomic mass is 10.1. The molecule has 0 aliphatic rings. The molecule has 0 aliphatic heterocycles. The molecule has 0 fully saturated rings. The minimum Gasteiger partial charge on any atom is -0.477 e. The SMILES string of the molecule is C.NCCn1nc(-c2ccnc(-c3cnc4ccccc4c3)c2)cc1C(=O)O.O=C(O)C(F)(F)F. The second-order valence-electron chi connectivity index (χ2n) is 6.88. The van der Waals surface area contributed by atoms with E-state index in [1.54, 1.807) is 24.5 Å². The average molecular weight is 489 g/mol. The Morgan fingerprint density at radius 1 is 0.971 bits per heavy atom. The van der Waals surface area contributed by atoms with Gasteiger partial charge in [0.25, 0.3) is 0 Å². The molecule has 0 unspecified atom stereocenters. The van der Waals surface area contributed by atoms with Crippen LogP contribution in [0.3, 0.4) is 0 Å². The molecule has 12 heteroatoms. The van der Waals surface area contributed by atoms with Gasteiger partial charge in [0.05, 0.1) is 23.4 Å². The molecule has 1 aromatic carbocycles. The third-order valence-corrected chi connectivity index (χ3v) is 4.52. The molecule has 0 aliphatic carbocycles. The predicted octanol–water partition coefficient (Wildman–Crippen LogP) is 4.09. The second-order valence-corrected chi connectivity index (χ2v) is 6.88. The molecule has 4 rings (SSSR count). The number of carboxylic acid groups (broad SMARTS) is 2. The van der Waals surface area contributed by atoms with E-state index in [-0.39, 0.29) is 13.1 Å². The highest BCUT2D eigenvalue weighted by molar-refractivity contribution is 5.88. The monoisotopic (exact) mass is 489 g/mol. The number of carbonyl (C=O) groups is 2. The Hall–Kier alpha value is -4.32. The Kier molecular flexibility index (Phi) is 8.62. The first-order valence-corrected chi connectivity index (χ1v) is 9.73. The summed E-state index contributed by atoms with van der Waals surface area (Å²) in [5, 5.41) is 21.9. The van der Waals surface area contributed by atoms with Gasteiger partial charge in [-0.25, -0.2) is 9.59 Å². The van der Waals surface area contributed by atoms with E-state index in [2.05, 4.69) is 15.1 Å². The summed E-state index contributed by atoms with van der Waals surface area (Å²) in [5.74, 6) is -3.79. The van der Waals surface area contributed by atoms with Crippen molar-refractivity contribution >= 4 is 22.8 Å². The summed E-state index contributed by atoms with van der Waals surface area (Å²) in [4.78, 5) is 29.2. The summed E-state index contributed by atoms with van der Waals surface area (Å²) >= 11 is 0. The zero-order valence-corrected chi connectivity index (χ0v) is 17.4. The Labute approximate surface area is 197 Å². The predicted molar refractivity (Wildman–Crippen MR) is 123 cm³/mol. The van der Waals surface area contributed by atoms with Gasteiger partial charge in [-0.15, -0.1) is 0 Å². The molecule has 3 aromatic heterocycles. The molecule has 184 valence electrons. The molecular formula is C23H22F3N5O4. The van der Waals surface area contributed by atoms with Crippen LogP contribution in [0.2, 0.25) is 0 Å². The van der Waals surface area contributed by atoms with Crippen molar-refractivity contribution in [3.8, 4) is 22.5 Å². The summed E-state index contributed by atoms with van der Waals surface area (Å²) < 4.78 is 33.1. The maximum absolute atomic E-state index is 11.4. The van der Waals surface area contributed by atoms with Crippen LogP contribution >= 0.6 is 0 Å². The summed E-state index contributed by atoms with van der Waals surface area (Å²) in [6.07, 6.45) is -1.62. The summed E-state index contributed by atoms with van der Waals surface area (Å²) in [6, 6.07) is 15.1. The summed E-state index contributed by atoms with van der Waals surface area (Å²) in [5.41, 5.74) is 9.57.